The summed E-state index contributed by atoms with van der Waals surface area (Å²) in [5, 5.41) is 0.643. The number of ether oxygens (including phenoxy) is 2. The molecule has 4 aromatic carbocycles. The zero-order valence-electron chi connectivity index (χ0n) is 18.9. The molecule has 36 heavy (non-hydrogen) atoms. The molecule has 0 aliphatic carbocycles. The Labute approximate surface area is 201 Å². The molecule has 188 valence electrons. The molecule has 0 unspecified atom stereocenters. The maximum atomic E-state index is 15.1. The lowest BCUT2D eigenvalue weighted by molar-refractivity contribution is -0.275. The van der Waals surface area contributed by atoms with Crippen molar-refractivity contribution in [1.82, 2.24) is 0 Å². The van der Waals surface area contributed by atoms with Crippen LogP contribution >= 0.6 is 0 Å². The van der Waals surface area contributed by atoms with Gasteiger partial charge in [-0.25, -0.2) is 17.6 Å². The van der Waals surface area contributed by atoms with E-state index in [1.165, 1.54) is 30.3 Å². The fraction of sp³-hybridized carbons (Fsp3) is 0.185. The molecule has 0 saturated carbocycles. The van der Waals surface area contributed by atoms with E-state index >= 15 is 4.39 Å². The van der Waals surface area contributed by atoms with Crippen LogP contribution in [-0.2, 0) is 12.8 Å². The van der Waals surface area contributed by atoms with Gasteiger partial charge >= 0.3 is 6.36 Å². The smallest absolute Gasteiger partial charge is 0.494 e. The molecule has 0 radical (unpaired) electrons. The molecule has 0 N–H and O–H groups in total. The van der Waals surface area contributed by atoms with Gasteiger partial charge in [0, 0.05) is 17.5 Å². The highest BCUT2D eigenvalue weighted by molar-refractivity contribution is 5.88. The van der Waals surface area contributed by atoms with Crippen molar-refractivity contribution in [3.8, 4) is 22.6 Å². The molecule has 0 fully saturated rings. The largest absolute Gasteiger partial charge is 0.573 e. The Bertz CT molecular complexity index is 1390. The molecule has 0 bridgehead atoms. The van der Waals surface area contributed by atoms with E-state index in [9.17, 15) is 26.3 Å². The monoisotopic (exact) mass is 508 g/mol. The van der Waals surface area contributed by atoms with Crippen LogP contribution in [0, 0.1) is 23.3 Å². The van der Waals surface area contributed by atoms with E-state index in [2.05, 4.69) is 4.74 Å². The second kappa shape index (κ2) is 10.1. The van der Waals surface area contributed by atoms with Crippen molar-refractivity contribution in [3.63, 3.8) is 0 Å². The van der Waals surface area contributed by atoms with E-state index < -0.39 is 35.4 Å². The van der Waals surface area contributed by atoms with E-state index in [0.29, 0.717) is 16.5 Å². The maximum absolute atomic E-state index is 15.1. The lowest BCUT2D eigenvalue weighted by Gasteiger charge is -2.12. The summed E-state index contributed by atoms with van der Waals surface area (Å²) >= 11 is 0. The van der Waals surface area contributed by atoms with Gasteiger partial charge in [0.15, 0.2) is 11.6 Å². The van der Waals surface area contributed by atoms with Crippen molar-refractivity contribution in [2.45, 2.75) is 26.1 Å². The number of fused-ring (bicyclic) bond motifs is 1. The van der Waals surface area contributed by atoms with Crippen LogP contribution in [0.3, 0.4) is 0 Å². The van der Waals surface area contributed by atoms with Crippen LogP contribution < -0.4 is 9.47 Å². The third kappa shape index (κ3) is 5.56. The number of halogens is 7. The summed E-state index contributed by atoms with van der Waals surface area (Å²) in [5.41, 5.74) is 0.622. The van der Waals surface area contributed by atoms with Crippen molar-refractivity contribution in [2.24, 2.45) is 0 Å². The van der Waals surface area contributed by atoms with Crippen molar-refractivity contribution in [1.29, 1.82) is 0 Å². The van der Waals surface area contributed by atoms with E-state index in [4.69, 9.17) is 4.74 Å². The predicted octanol–water partition coefficient (Wildman–Crippen LogP) is 8.15. The Hall–Kier alpha value is -3.75. The van der Waals surface area contributed by atoms with Crippen LogP contribution in [0.2, 0.25) is 0 Å². The van der Waals surface area contributed by atoms with Gasteiger partial charge in [-0.2, -0.15) is 0 Å². The van der Waals surface area contributed by atoms with Gasteiger partial charge in [0.25, 0.3) is 0 Å². The topological polar surface area (TPSA) is 18.5 Å². The Balaban J connectivity index is 1.56. The van der Waals surface area contributed by atoms with Gasteiger partial charge in [0.1, 0.15) is 23.2 Å². The molecule has 4 rings (SSSR count). The molecule has 0 aliphatic rings. The van der Waals surface area contributed by atoms with Crippen LogP contribution in [0.25, 0.3) is 21.9 Å². The first-order valence-electron chi connectivity index (χ1n) is 10.9. The normalized spacial score (nSPS) is 11.7. The molecule has 0 aromatic heterocycles. The fourth-order valence-corrected chi connectivity index (χ4v) is 3.95. The van der Waals surface area contributed by atoms with E-state index in [0.717, 1.165) is 24.3 Å². The molecule has 0 saturated heterocycles. The number of hydrogen-bond acceptors (Lipinski definition) is 2. The van der Waals surface area contributed by atoms with Crippen molar-refractivity contribution in [3.05, 3.63) is 95.1 Å². The minimum atomic E-state index is -5.01. The number of hydrogen-bond donors (Lipinski definition) is 0. The second-order valence-electron chi connectivity index (χ2n) is 7.98. The number of aryl methyl sites for hydroxylation is 2. The number of alkyl halides is 3. The summed E-state index contributed by atoms with van der Waals surface area (Å²) < 4.78 is 104. The first kappa shape index (κ1) is 25.3. The lowest BCUT2D eigenvalue weighted by atomic mass is 9.96. The number of rotatable bonds is 7. The van der Waals surface area contributed by atoms with Gasteiger partial charge in [-0.05, 0) is 60.0 Å². The first-order valence-corrected chi connectivity index (χ1v) is 10.9. The molecule has 4 aromatic rings. The molecule has 0 aliphatic heterocycles. The van der Waals surface area contributed by atoms with Crippen LogP contribution in [0.5, 0.6) is 11.5 Å². The average molecular weight is 508 g/mol. The molecule has 2 nitrogen and oxygen atoms in total. The van der Waals surface area contributed by atoms with E-state index in [1.54, 1.807) is 13.0 Å². The molecular formula is C27H19F7O2. The average Bonchev–Trinajstić information content (AvgIpc) is 2.79. The van der Waals surface area contributed by atoms with Gasteiger partial charge in [-0.1, -0.05) is 30.3 Å². The van der Waals surface area contributed by atoms with Crippen LogP contribution in [-0.4, -0.2) is 13.0 Å². The van der Waals surface area contributed by atoms with Gasteiger partial charge in [-0.15, -0.1) is 13.2 Å². The predicted molar refractivity (Wildman–Crippen MR) is 121 cm³/mol. The highest BCUT2D eigenvalue weighted by Gasteiger charge is 2.32. The van der Waals surface area contributed by atoms with Crippen LogP contribution in [0.4, 0.5) is 30.7 Å². The Morgan fingerprint density at radius 3 is 2.11 bits per heavy atom. The lowest BCUT2D eigenvalue weighted by Crippen LogP contribution is -2.18. The minimum Gasteiger partial charge on any atom is -0.494 e. The molecular weight excluding hydrogens is 489 g/mol. The third-order valence-corrected chi connectivity index (χ3v) is 5.55. The van der Waals surface area contributed by atoms with Crippen molar-refractivity contribution >= 4 is 10.8 Å². The SMILES string of the molecule is CCOc1cc(F)c(-c2ccc3c(F)c(CCc4ccc(OC(F)(F)F)c(F)c4)ccc3c2)c(F)c1. The molecule has 9 heteroatoms. The van der Waals surface area contributed by atoms with Gasteiger partial charge < -0.3 is 9.47 Å². The fourth-order valence-electron chi connectivity index (χ4n) is 3.95. The maximum Gasteiger partial charge on any atom is 0.573 e. The van der Waals surface area contributed by atoms with Crippen LogP contribution in [0.1, 0.15) is 18.1 Å². The second-order valence-corrected chi connectivity index (χ2v) is 7.98. The van der Waals surface area contributed by atoms with Crippen molar-refractivity contribution < 1.29 is 40.2 Å². The minimum absolute atomic E-state index is 0.0649. The van der Waals surface area contributed by atoms with Crippen LogP contribution in [0.15, 0.2) is 60.7 Å². The van der Waals surface area contributed by atoms with Crippen molar-refractivity contribution in [2.75, 3.05) is 6.61 Å². The first-order chi connectivity index (χ1) is 17.1. The number of benzene rings is 4. The zero-order valence-corrected chi connectivity index (χ0v) is 18.9. The Morgan fingerprint density at radius 1 is 0.750 bits per heavy atom. The molecule has 0 amide bonds. The Morgan fingerprint density at radius 2 is 1.47 bits per heavy atom. The summed E-state index contributed by atoms with van der Waals surface area (Å²) in [6, 6.07) is 12.6. The van der Waals surface area contributed by atoms with E-state index in [-0.39, 0.29) is 41.7 Å². The summed E-state index contributed by atoms with van der Waals surface area (Å²) in [5.74, 6) is -4.23. The van der Waals surface area contributed by atoms with Gasteiger partial charge in [-0.3, -0.25) is 0 Å². The highest BCUT2D eigenvalue weighted by Crippen LogP contribution is 2.33. The summed E-state index contributed by atoms with van der Waals surface area (Å²) in [4.78, 5) is 0. The highest BCUT2D eigenvalue weighted by atomic mass is 19.4. The summed E-state index contributed by atoms with van der Waals surface area (Å²) in [6.45, 7) is 1.94. The third-order valence-electron chi connectivity index (χ3n) is 5.55. The zero-order chi connectivity index (χ0) is 26.0. The quantitative estimate of drug-likeness (QED) is 0.235. The van der Waals surface area contributed by atoms with Gasteiger partial charge in [0.2, 0.25) is 0 Å². The summed E-state index contributed by atoms with van der Waals surface area (Å²) in [6.07, 6.45) is -4.71. The molecule has 0 heterocycles. The van der Waals surface area contributed by atoms with Gasteiger partial charge in [0.05, 0.1) is 12.2 Å². The standard InChI is InChI=1S/C27H19F7O2/c1-2-35-19-13-22(29)25(23(30)14-19)18-8-9-20-17(12-18)7-6-16(26(20)31)5-3-15-4-10-24(21(28)11-15)36-27(32,33)34/h4,6-14H,2-3,5H2,1H3. The van der Waals surface area contributed by atoms with E-state index in [1.807, 2.05) is 0 Å². The summed E-state index contributed by atoms with van der Waals surface area (Å²) in [7, 11) is 0. The molecule has 0 atom stereocenters. The molecule has 0 spiro atoms. The Kier molecular flexibility index (Phi) is 7.10.